The largest absolute Gasteiger partial charge is 0.353 e. The molecule has 1 saturated heterocycles. The summed E-state index contributed by atoms with van der Waals surface area (Å²) in [7, 11) is 0. The zero-order valence-corrected chi connectivity index (χ0v) is 13.2. The first-order valence-corrected chi connectivity index (χ1v) is 7.67. The number of nitriles is 1. The lowest BCUT2D eigenvalue weighted by Crippen LogP contribution is -2.46. The fourth-order valence-corrected chi connectivity index (χ4v) is 2.87. The molecule has 0 spiro atoms. The highest BCUT2D eigenvalue weighted by Crippen LogP contribution is 2.25. The maximum Gasteiger partial charge on any atom is 0.147 e. The Balaban J connectivity index is 1.63. The third kappa shape index (κ3) is 3.58. The van der Waals surface area contributed by atoms with E-state index in [1.807, 2.05) is 6.07 Å². The first-order chi connectivity index (χ1) is 11.2. The smallest absolute Gasteiger partial charge is 0.147 e. The average Bonchev–Trinajstić information content (AvgIpc) is 2.58. The Morgan fingerprint density at radius 1 is 1.26 bits per heavy atom. The van der Waals surface area contributed by atoms with Crippen LogP contribution in [0.2, 0.25) is 5.02 Å². The topological polar surface area (TPSA) is 56.1 Å². The molecule has 0 saturated carbocycles. The molecule has 0 atom stereocenters. The van der Waals surface area contributed by atoms with Crippen molar-refractivity contribution in [3.8, 4) is 6.07 Å². The molecule has 7 heteroatoms. The highest BCUT2D eigenvalue weighted by molar-refractivity contribution is 6.33. The quantitative estimate of drug-likeness (QED) is 0.864. The van der Waals surface area contributed by atoms with Crippen LogP contribution in [0.15, 0.2) is 30.6 Å². The van der Waals surface area contributed by atoms with Crippen LogP contribution < -0.4 is 4.90 Å². The van der Waals surface area contributed by atoms with E-state index in [9.17, 15) is 4.39 Å². The Morgan fingerprint density at radius 3 is 2.70 bits per heavy atom. The van der Waals surface area contributed by atoms with Crippen LogP contribution in [0.5, 0.6) is 0 Å². The van der Waals surface area contributed by atoms with E-state index in [4.69, 9.17) is 16.9 Å². The summed E-state index contributed by atoms with van der Waals surface area (Å²) in [5, 5.41) is 9.33. The van der Waals surface area contributed by atoms with Crippen molar-refractivity contribution < 1.29 is 4.39 Å². The average molecular weight is 332 g/mol. The van der Waals surface area contributed by atoms with Gasteiger partial charge < -0.3 is 4.90 Å². The minimum Gasteiger partial charge on any atom is -0.353 e. The molecular weight excluding hydrogens is 317 g/mol. The van der Waals surface area contributed by atoms with Crippen molar-refractivity contribution >= 4 is 17.4 Å². The van der Waals surface area contributed by atoms with Crippen LogP contribution in [0, 0.1) is 17.1 Å². The minimum absolute atomic E-state index is 0.272. The van der Waals surface area contributed by atoms with E-state index in [2.05, 4.69) is 19.8 Å². The first-order valence-electron chi connectivity index (χ1n) is 7.29. The standard InChI is InChI=1S/C16H15ClFN5/c17-13-8-12(9-19)10-21-16(13)23-6-4-22(5-7-23)11-15-14(18)2-1-3-20-15/h1-3,8,10H,4-7,11H2. The van der Waals surface area contributed by atoms with E-state index in [1.54, 1.807) is 18.3 Å². The molecule has 0 bridgehead atoms. The van der Waals surface area contributed by atoms with E-state index in [1.165, 1.54) is 12.3 Å². The van der Waals surface area contributed by atoms with Crippen molar-refractivity contribution in [1.82, 2.24) is 14.9 Å². The molecule has 0 unspecified atom stereocenters. The maximum absolute atomic E-state index is 13.7. The number of hydrogen-bond acceptors (Lipinski definition) is 5. The number of halogens is 2. The summed E-state index contributed by atoms with van der Waals surface area (Å²) < 4.78 is 13.7. The van der Waals surface area contributed by atoms with Crippen LogP contribution in [0.1, 0.15) is 11.3 Å². The number of hydrogen-bond donors (Lipinski definition) is 0. The molecule has 0 radical (unpaired) electrons. The maximum atomic E-state index is 13.7. The van der Waals surface area contributed by atoms with Crippen LogP contribution in [-0.4, -0.2) is 41.0 Å². The van der Waals surface area contributed by atoms with Gasteiger partial charge in [-0.2, -0.15) is 5.26 Å². The lowest BCUT2D eigenvalue weighted by atomic mass is 10.2. The zero-order chi connectivity index (χ0) is 16.2. The van der Waals surface area contributed by atoms with Gasteiger partial charge in [-0.3, -0.25) is 9.88 Å². The van der Waals surface area contributed by atoms with Gasteiger partial charge in [-0.05, 0) is 18.2 Å². The number of aromatic nitrogens is 2. The summed E-state index contributed by atoms with van der Waals surface area (Å²) in [5.41, 5.74) is 0.915. The Bertz CT molecular complexity index is 737. The van der Waals surface area contributed by atoms with Crippen molar-refractivity contribution in [1.29, 1.82) is 5.26 Å². The van der Waals surface area contributed by atoms with E-state index in [0.717, 1.165) is 26.2 Å². The molecule has 118 valence electrons. The Morgan fingerprint density at radius 2 is 2.04 bits per heavy atom. The van der Waals surface area contributed by atoms with Crippen molar-refractivity contribution in [2.75, 3.05) is 31.1 Å². The second kappa shape index (κ2) is 6.90. The summed E-state index contributed by atoms with van der Waals surface area (Å²) in [6.07, 6.45) is 3.13. The molecule has 0 aromatic carbocycles. The van der Waals surface area contributed by atoms with Gasteiger partial charge in [0.2, 0.25) is 0 Å². The number of pyridine rings is 2. The second-order valence-electron chi connectivity index (χ2n) is 5.34. The summed E-state index contributed by atoms with van der Waals surface area (Å²) >= 11 is 6.20. The summed E-state index contributed by atoms with van der Waals surface area (Å²) in [5.74, 6) is 0.418. The fraction of sp³-hybridized carbons (Fsp3) is 0.312. The van der Waals surface area contributed by atoms with E-state index < -0.39 is 0 Å². The highest BCUT2D eigenvalue weighted by atomic mass is 35.5. The van der Waals surface area contributed by atoms with Gasteiger partial charge in [0.25, 0.3) is 0 Å². The zero-order valence-electron chi connectivity index (χ0n) is 12.4. The number of piperazine rings is 1. The molecule has 23 heavy (non-hydrogen) atoms. The molecule has 1 aliphatic rings. The first kappa shape index (κ1) is 15.7. The second-order valence-corrected chi connectivity index (χ2v) is 5.74. The van der Waals surface area contributed by atoms with Gasteiger partial charge in [0.15, 0.2) is 0 Å². The van der Waals surface area contributed by atoms with E-state index >= 15 is 0 Å². The predicted octanol–water partition coefficient (Wildman–Crippen LogP) is 2.46. The number of nitrogens with zero attached hydrogens (tertiary/aromatic N) is 5. The Hall–Kier alpha value is -2.23. The van der Waals surface area contributed by atoms with Crippen LogP contribution in [0.3, 0.4) is 0 Å². The summed E-state index contributed by atoms with van der Waals surface area (Å²) in [6, 6.07) is 6.67. The van der Waals surface area contributed by atoms with Crippen molar-refractivity contribution in [3.05, 3.63) is 52.7 Å². The van der Waals surface area contributed by atoms with Gasteiger partial charge in [0, 0.05) is 45.1 Å². The lowest BCUT2D eigenvalue weighted by molar-refractivity contribution is 0.243. The Labute approximate surface area is 138 Å². The SMILES string of the molecule is N#Cc1cnc(N2CCN(Cc3ncccc3F)CC2)c(Cl)c1. The monoisotopic (exact) mass is 331 g/mol. The van der Waals surface area contributed by atoms with Gasteiger partial charge in [0.05, 0.1) is 16.3 Å². The third-order valence-corrected chi connectivity index (χ3v) is 4.11. The van der Waals surface area contributed by atoms with E-state index in [0.29, 0.717) is 28.6 Å². The lowest BCUT2D eigenvalue weighted by Gasteiger charge is -2.35. The van der Waals surface area contributed by atoms with Crippen LogP contribution in [-0.2, 0) is 6.54 Å². The number of rotatable bonds is 3. The predicted molar refractivity (Wildman–Crippen MR) is 85.6 cm³/mol. The summed E-state index contributed by atoms with van der Waals surface area (Å²) in [4.78, 5) is 12.6. The van der Waals surface area contributed by atoms with Crippen molar-refractivity contribution in [2.45, 2.75) is 6.54 Å². The van der Waals surface area contributed by atoms with Crippen molar-refractivity contribution in [3.63, 3.8) is 0 Å². The molecular formula is C16H15ClFN5. The molecule has 3 rings (SSSR count). The molecule has 0 amide bonds. The van der Waals surface area contributed by atoms with Gasteiger partial charge in [-0.25, -0.2) is 9.37 Å². The molecule has 1 fully saturated rings. The van der Waals surface area contributed by atoms with E-state index in [-0.39, 0.29) is 5.82 Å². The highest BCUT2D eigenvalue weighted by Gasteiger charge is 2.21. The summed E-state index contributed by atoms with van der Waals surface area (Å²) in [6.45, 7) is 3.53. The molecule has 1 aliphatic heterocycles. The van der Waals surface area contributed by atoms with Gasteiger partial charge in [0.1, 0.15) is 17.7 Å². The molecule has 5 nitrogen and oxygen atoms in total. The van der Waals surface area contributed by atoms with Gasteiger partial charge in [-0.1, -0.05) is 11.6 Å². The van der Waals surface area contributed by atoms with Gasteiger partial charge >= 0.3 is 0 Å². The van der Waals surface area contributed by atoms with Crippen molar-refractivity contribution in [2.24, 2.45) is 0 Å². The third-order valence-electron chi connectivity index (χ3n) is 3.83. The normalized spacial score (nSPS) is 15.4. The molecule has 0 N–H and O–H groups in total. The number of anilines is 1. The molecule has 2 aromatic rings. The minimum atomic E-state index is -0.272. The van der Waals surface area contributed by atoms with Crippen LogP contribution in [0.4, 0.5) is 10.2 Å². The Kier molecular flexibility index (Phi) is 4.70. The molecule has 2 aromatic heterocycles. The molecule has 3 heterocycles. The van der Waals surface area contributed by atoms with Gasteiger partial charge in [-0.15, -0.1) is 0 Å². The molecule has 0 aliphatic carbocycles. The van der Waals surface area contributed by atoms with Crippen LogP contribution in [0.25, 0.3) is 0 Å². The fourth-order valence-electron chi connectivity index (χ4n) is 2.59. The van der Waals surface area contributed by atoms with Crippen LogP contribution >= 0.6 is 11.6 Å².